The summed E-state index contributed by atoms with van der Waals surface area (Å²) < 4.78 is 0. The summed E-state index contributed by atoms with van der Waals surface area (Å²) in [5.74, 6) is 1.92. The van der Waals surface area contributed by atoms with Gasteiger partial charge >= 0.3 is 0 Å². The second kappa shape index (κ2) is 7.48. The Morgan fingerprint density at radius 2 is 2.00 bits per heavy atom. The molecule has 0 amide bonds. The molecule has 0 saturated carbocycles. The van der Waals surface area contributed by atoms with E-state index in [0.717, 1.165) is 18.8 Å². The van der Waals surface area contributed by atoms with Crippen molar-refractivity contribution in [2.24, 2.45) is 5.92 Å². The minimum atomic E-state index is 0.459. The van der Waals surface area contributed by atoms with E-state index in [1.807, 2.05) is 18.2 Å². The Morgan fingerprint density at radius 1 is 1.19 bits per heavy atom. The lowest BCUT2D eigenvalue weighted by atomic mass is 10.1. The minimum Gasteiger partial charge on any atom is -0.370 e. The van der Waals surface area contributed by atoms with Crippen molar-refractivity contribution in [2.45, 2.75) is 20.3 Å². The summed E-state index contributed by atoms with van der Waals surface area (Å²) in [5.41, 5.74) is 0.684. The predicted molar refractivity (Wildman–Crippen MR) is 89.7 cm³/mol. The van der Waals surface area contributed by atoms with Crippen LogP contribution in [0.5, 0.6) is 0 Å². The molecule has 2 aromatic rings. The fourth-order valence-electron chi connectivity index (χ4n) is 1.73. The van der Waals surface area contributed by atoms with Gasteiger partial charge in [0.05, 0.1) is 15.7 Å². The van der Waals surface area contributed by atoms with Gasteiger partial charge in [0, 0.05) is 12.7 Å². The monoisotopic (exact) mass is 324 g/mol. The number of anilines is 3. The molecule has 2 N–H and O–H groups in total. The van der Waals surface area contributed by atoms with Crippen molar-refractivity contribution in [3.05, 3.63) is 40.5 Å². The van der Waals surface area contributed by atoms with Crippen LogP contribution in [0, 0.1) is 5.92 Å². The summed E-state index contributed by atoms with van der Waals surface area (Å²) in [6.45, 7) is 5.26. The van der Waals surface area contributed by atoms with E-state index in [0.29, 0.717) is 27.6 Å². The first-order valence-electron chi connectivity index (χ1n) is 6.84. The van der Waals surface area contributed by atoms with Gasteiger partial charge in [-0.15, -0.1) is 0 Å². The van der Waals surface area contributed by atoms with Crippen LogP contribution in [0.15, 0.2) is 30.5 Å². The van der Waals surface area contributed by atoms with Crippen molar-refractivity contribution in [1.82, 2.24) is 9.97 Å². The first-order chi connectivity index (χ1) is 10.1. The molecule has 1 aromatic carbocycles. The zero-order chi connectivity index (χ0) is 15.2. The number of nitrogens with one attached hydrogen (secondary N) is 2. The molecule has 0 aliphatic heterocycles. The van der Waals surface area contributed by atoms with E-state index in [2.05, 4.69) is 34.4 Å². The lowest BCUT2D eigenvalue weighted by Crippen LogP contribution is -2.07. The fourth-order valence-corrected chi connectivity index (χ4v) is 2.07. The van der Waals surface area contributed by atoms with Gasteiger partial charge < -0.3 is 10.6 Å². The Morgan fingerprint density at radius 3 is 2.76 bits per heavy atom. The smallest absolute Gasteiger partial charge is 0.229 e. The molecule has 0 radical (unpaired) electrons. The Kier molecular flexibility index (Phi) is 5.65. The third kappa shape index (κ3) is 4.76. The Bertz CT molecular complexity index is 602. The molecule has 2 rings (SSSR count). The van der Waals surface area contributed by atoms with E-state index in [1.165, 1.54) is 0 Å². The molecule has 0 aliphatic rings. The molecule has 1 heterocycles. The Hall–Kier alpha value is -1.52. The van der Waals surface area contributed by atoms with Gasteiger partial charge in [-0.3, -0.25) is 0 Å². The maximum absolute atomic E-state index is 6.14. The predicted octanol–water partition coefficient (Wildman–Crippen LogP) is 4.99. The number of aromatic nitrogens is 2. The SMILES string of the molecule is CC(C)CCNc1ccnc(Nc2cccc(Cl)c2Cl)n1. The number of benzene rings is 1. The molecular formula is C15H18Cl2N4. The standard InChI is InChI=1S/C15H18Cl2N4/c1-10(2)6-8-18-13-7-9-19-15(21-13)20-12-5-3-4-11(16)14(12)17/h3-5,7,9-10H,6,8H2,1-2H3,(H2,18,19,20,21). The van der Waals surface area contributed by atoms with E-state index >= 15 is 0 Å². The highest BCUT2D eigenvalue weighted by atomic mass is 35.5. The van der Waals surface area contributed by atoms with Crippen molar-refractivity contribution in [3.8, 4) is 0 Å². The van der Waals surface area contributed by atoms with Crippen molar-refractivity contribution in [1.29, 1.82) is 0 Å². The third-order valence-corrected chi connectivity index (χ3v) is 3.70. The van der Waals surface area contributed by atoms with Gasteiger partial charge in [-0.2, -0.15) is 4.98 Å². The third-order valence-electron chi connectivity index (χ3n) is 2.88. The van der Waals surface area contributed by atoms with Gasteiger partial charge in [0.15, 0.2) is 0 Å². The van der Waals surface area contributed by atoms with E-state index in [4.69, 9.17) is 23.2 Å². The summed E-state index contributed by atoms with van der Waals surface area (Å²) in [6.07, 6.45) is 2.79. The molecule has 0 aliphatic carbocycles. The Balaban J connectivity index is 2.05. The molecule has 0 bridgehead atoms. The molecule has 0 spiro atoms. The van der Waals surface area contributed by atoms with Gasteiger partial charge in [0.1, 0.15) is 5.82 Å². The van der Waals surface area contributed by atoms with Gasteiger partial charge in [0.2, 0.25) is 5.95 Å². The first-order valence-corrected chi connectivity index (χ1v) is 7.60. The van der Waals surface area contributed by atoms with E-state index in [-0.39, 0.29) is 0 Å². The topological polar surface area (TPSA) is 49.8 Å². The van der Waals surface area contributed by atoms with Crippen LogP contribution in [0.3, 0.4) is 0 Å². The number of rotatable bonds is 6. The van der Waals surface area contributed by atoms with E-state index in [9.17, 15) is 0 Å². The summed E-state index contributed by atoms with van der Waals surface area (Å²) in [6, 6.07) is 7.22. The van der Waals surface area contributed by atoms with Crippen LogP contribution in [0.4, 0.5) is 17.5 Å². The molecule has 0 fully saturated rings. The van der Waals surface area contributed by atoms with E-state index < -0.39 is 0 Å². The molecule has 1 aromatic heterocycles. The molecule has 0 atom stereocenters. The molecule has 6 heteroatoms. The van der Waals surface area contributed by atoms with Crippen molar-refractivity contribution in [2.75, 3.05) is 17.2 Å². The quantitative estimate of drug-likeness (QED) is 0.786. The first kappa shape index (κ1) is 15.9. The van der Waals surface area contributed by atoms with Crippen LogP contribution >= 0.6 is 23.2 Å². The molecule has 21 heavy (non-hydrogen) atoms. The van der Waals surface area contributed by atoms with Crippen LogP contribution in [0.2, 0.25) is 10.0 Å². The lowest BCUT2D eigenvalue weighted by molar-refractivity contribution is 0.606. The van der Waals surface area contributed by atoms with E-state index in [1.54, 1.807) is 12.3 Å². The van der Waals surface area contributed by atoms with Crippen LogP contribution in [0.25, 0.3) is 0 Å². The second-order valence-corrected chi connectivity index (χ2v) is 5.89. The summed E-state index contributed by atoms with van der Waals surface area (Å²) in [5, 5.41) is 7.30. The minimum absolute atomic E-state index is 0.459. The molecule has 0 unspecified atom stereocenters. The number of halogens is 2. The number of hydrogen-bond donors (Lipinski definition) is 2. The summed E-state index contributed by atoms with van der Waals surface area (Å²) in [4.78, 5) is 8.59. The average molecular weight is 325 g/mol. The zero-order valence-corrected chi connectivity index (χ0v) is 13.5. The van der Waals surface area contributed by atoms with Gasteiger partial charge in [0.25, 0.3) is 0 Å². The Labute approximate surface area is 134 Å². The van der Waals surface area contributed by atoms with Gasteiger partial charge in [-0.25, -0.2) is 4.98 Å². The van der Waals surface area contributed by atoms with Crippen LogP contribution in [-0.2, 0) is 0 Å². The summed E-state index contributed by atoms with van der Waals surface area (Å²) in [7, 11) is 0. The maximum atomic E-state index is 6.14. The number of nitrogens with zero attached hydrogens (tertiary/aromatic N) is 2. The highest BCUT2D eigenvalue weighted by molar-refractivity contribution is 6.43. The largest absolute Gasteiger partial charge is 0.370 e. The zero-order valence-electron chi connectivity index (χ0n) is 12.0. The molecule has 0 saturated heterocycles. The average Bonchev–Trinajstić information content (AvgIpc) is 2.44. The molecular weight excluding hydrogens is 307 g/mol. The molecule has 4 nitrogen and oxygen atoms in total. The van der Waals surface area contributed by atoms with Crippen molar-refractivity contribution >= 4 is 40.7 Å². The fraction of sp³-hybridized carbons (Fsp3) is 0.333. The molecule has 112 valence electrons. The van der Waals surface area contributed by atoms with Crippen molar-refractivity contribution < 1.29 is 0 Å². The van der Waals surface area contributed by atoms with Crippen LogP contribution in [-0.4, -0.2) is 16.5 Å². The van der Waals surface area contributed by atoms with Crippen LogP contribution < -0.4 is 10.6 Å². The highest BCUT2D eigenvalue weighted by Crippen LogP contribution is 2.30. The van der Waals surface area contributed by atoms with Crippen LogP contribution in [0.1, 0.15) is 20.3 Å². The number of hydrogen-bond acceptors (Lipinski definition) is 4. The maximum Gasteiger partial charge on any atom is 0.229 e. The summed E-state index contributed by atoms with van der Waals surface area (Å²) >= 11 is 12.1. The van der Waals surface area contributed by atoms with Gasteiger partial charge in [-0.05, 0) is 30.5 Å². The lowest BCUT2D eigenvalue weighted by Gasteiger charge is -2.10. The normalized spacial score (nSPS) is 10.7. The second-order valence-electron chi connectivity index (χ2n) is 5.10. The highest BCUT2D eigenvalue weighted by Gasteiger charge is 2.06. The van der Waals surface area contributed by atoms with Crippen molar-refractivity contribution in [3.63, 3.8) is 0 Å². The van der Waals surface area contributed by atoms with Gasteiger partial charge in [-0.1, -0.05) is 43.1 Å².